The molecule has 0 spiro atoms. The van der Waals surface area contributed by atoms with E-state index >= 15 is 0 Å². The molecule has 0 radical (unpaired) electrons. The normalized spacial score (nSPS) is 23.8. The van der Waals surface area contributed by atoms with Crippen LogP contribution >= 0.6 is 11.3 Å². The lowest BCUT2D eigenvalue weighted by Gasteiger charge is -2.39. The van der Waals surface area contributed by atoms with Crippen molar-refractivity contribution in [2.75, 3.05) is 19.8 Å². The van der Waals surface area contributed by atoms with E-state index in [-0.39, 0.29) is 0 Å². The van der Waals surface area contributed by atoms with Crippen molar-refractivity contribution in [3.8, 4) is 0 Å². The summed E-state index contributed by atoms with van der Waals surface area (Å²) in [5, 5.41) is 14.4. The number of fused-ring (bicyclic) bond motifs is 1. The number of morpholine rings is 1. The van der Waals surface area contributed by atoms with Crippen molar-refractivity contribution in [3.63, 3.8) is 0 Å². The van der Waals surface area contributed by atoms with Gasteiger partial charge in [-0.1, -0.05) is 0 Å². The molecule has 0 amide bonds. The first-order chi connectivity index (χ1) is 14.7. The molecule has 1 saturated heterocycles. The predicted octanol–water partition coefficient (Wildman–Crippen LogP) is 2.71. The Bertz CT molecular complexity index is 830. The zero-order valence-electron chi connectivity index (χ0n) is 17.0. The second kappa shape index (κ2) is 10.5. The average Bonchev–Trinajstić information content (AvgIpc) is 3.44. The van der Waals surface area contributed by atoms with Gasteiger partial charge in [0.2, 0.25) is 0 Å². The number of aliphatic carboxylic acids is 1. The van der Waals surface area contributed by atoms with Crippen LogP contribution in [0.3, 0.4) is 0 Å². The second-order valence-electron chi connectivity index (χ2n) is 7.48. The Labute approximate surface area is 181 Å². The van der Waals surface area contributed by atoms with Gasteiger partial charge < -0.3 is 14.6 Å². The first kappa shape index (κ1) is 23.6. The Balaban J connectivity index is 0.000000339. The molecular weight excluding hydrogens is 437 g/mol. The number of thiazole rings is 1. The molecule has 2 aromatic rings. The zero-order valence-corrected chi connectivity index (χ0v) is 17.8. The quantitative estimate of drug-likeness (QED) is 0.706. The summed E-state index contributed by atoms with van der Waals surface area (Å²) in [5.41, 5.74) is 1.28. The third-order valence-electron chi connectivity index (χ3n) is 5.26. The molecule has 2 aliphatic rings. The summed E-state index contributed by atoms with van der Waals surface area (Å²) in [4.78, 5) is 15.7. The molecule has 4 rings (SSSR count). The first-order valence-electron chi connectivity index (χ1n) is 9.83. The number of aryl methyl sites for hydroxylation is 1. The molecule has 2 aromatic heterocycles. The molecule has 3 unspecified atom stereocenters. The lowest BCUT2D eigenvalue weighted by atomic mass is 10.0. The van der Waals surface area contributed by atoms with Crippen LogP contribution in [0, 0.1) is 5.92 Å². The summed E-state index contributed by atoms with van der Waals surface area (Å²) in [6, 6.07) is 0.507. The van der Waals surface area contributed by atoms with E-state index in [1.165, 1.54) is 18.4 Å². The molecule has 31 heavy (non-hydrogen) atoms. The third kappa shape index (κ3) is 6.73. The Morgan fingerprint density at radius 2 is 2.19 bits per heavy atom. The van der Waals surface area contributed by atoms with Crippen molar-refractivity contribution < 1.29 is 32.5 Å². The van der Waals surface area contributed by atoms with Gasteiger partial charge in [-0.05, 0) is 12.8 Å². The van der Waals surface area contributed by atoms with Gasteiger partial charge in [-0.25, -0.2) is 9.78 Å². The van der Waals surface area contributed by atoms with Gasteiger partial charge in [0.05, 0.1) is 32.1 Å². The van der Waals surface area contributed by atoms with E-state index in [4.69, 9.17) is 19.4 Å². The fourth-order valence-electron chi connectivity index (χ4n) is 3.92. The van der Waals surface area contributed by atoms with Crippen LogP contribution in [0.1, 0.15) is 23.4 Å². The summed E-state index contributed by atoms with van der Waals surface area (Å²) in [6.45, 7) is 4.16. The van der Waals surface area contributed by atoms with E-state index in [0.29, 0.717) is 24.7 Å². The maximum atomic E-state index is 10.6. The number of alkyl halides is 3. The van der Waals surface area contributed by atoms with Gasteiger partial charge in [-0.2, -0.15) is 18.3 Å². The zero-order chi connectivity index (χ0) is 22.4. The van der Waals surface area contributed by atoms with Crippen LogP contribution in [0.4, 0.5) is 13.2 Å². The van der Waals surface area contributed by atoms with Gasteiger partial charge in [-0.3, -0.25) is 9.58 Å². The molecule has 1 N–H and O–H groups in total. The minimum atomic E-state index is -5.08. The minimum Gasteiger partial charge on any atom is -0.475 e. The van der Waals surface area contributed by atoms with Crippen molar-refractivity contribution in [1.29, 1.82) is 0 Å². The molecular formula is C19H25F3N4O4S. The van der Waals surface area contributed by atoms with Crippen molar-refractivity contribution in [2.45, 2.75) is 44.3 Å². The number of nitrogens with zero attached hydrogens (tertiary/aromatic N) is 4. The van der Waals surface area contributed by atoms with Crippen LogP contribution in [0.15, 0.2) is 24.0 Å². The highest BCUT2D eigenvalue weighted by atomic mass is 32.1. The Kier molecular flexibility index (Phi) is 8.03. The minimum absolute atomic E-state index is 0.298. The molecule has 8 nitrogen and oxygen atoms in total. The molecule has 3 atom stereocenters. The lowest BCUT2D eigenvalue weighted by molar-refractivity contribution is -0.192. The highest BCUT2D eigenvalue weighted by Crippen LogP contribution is 2.35. The molecule has 2 fully saturated rings. The van der Waals surface area contributed by atoms with Gasteiger partial charge >= 0.3 is 12.1 Å². The molecule has 12 heteroatoms. The largest absolute Gasteiger partial charge is 0.490 e. The number of halogens is 3. The van der Waals surface area contributed by atoms with Gasteiger partial charge in [0.1, 0.15) is 5.01 Å². The summed E-state index contributed by atoms with van der Waals surface area (Å²) in [7, 11) is 1.97. The highest BCUT2D eigenvalue weighted by Gasteiger charge is 2.42. The highest BCUT2D eigenvalue weighted by molar-refractivity contribution is 7.09. The topological polar surface area (TPSA) is 89.7 Å². The number of hydrogen-bond acceptors (Lipinski definition) is 7. The average molecular weight is 462 g/mol. The van der Waals surface area contributed by atoms with Crippen molar-refractivity contribution >= 4 is 17.3 Å². The Morgan fingerprint density at radius 3 is 2.81 bits per heavy atom. The summed E-state index contributed by atoms with van der Waals surface area (Å²) >= 11 is 1.65. The number of ether oxygens (including phenoxy) is 2. The van der Waals surface area contributed by atoms with Crippen LogP contribution in [-0.2, 0) is 34.5 Å². The number of carboxylic acid groups (broad SMARTS) is 1. The summed E-state index contributed by atoms with van der Waals surface area (Å²) in [5.74, 6) is -2.26. The molecule has 172 valence electrons. The van der Waals surface area contributed by atoms with Crippen LogP contribution < -0.4 is 0 Å². The van der Waals surface area contributed by atoms with E-state index in [0.717, 1.165) is 31.3 Å². The van der Waals surface area contributed by atoms with Crippen molar-refractivity contribution in [3.05, 3.63) is 34.5 Å². The van der Waals surface area contributed by atoms with Gasteiger partial charge in [0, 0.05) is 55.4 Å². The van der Waals surface area contributed by atoms with Gasteiger partial charge in [0.15, 0.2) is 0 Å². The van der Waals surface area contributed by atoms with Crippen LogP contribution in [0.5, 0.6) is 0 Å². The summed E-state index contributed by atoms with van der Waals surface area (Å²) < 4.78 is 45.6. The third-order valence-corrected chi connectivity index (χ3v) is 6.02. The maximum absolute atomic E-state index is 10.6. The number of hydrogen-bond donors (Lipinski definition) is 1. The lowest BCUT2D eigenvalue weighted by Crippen LogP contribution is -2.50. The number of aromatic nitrogens is 3. The fraction of sp³-hybridized carbons (Fsp3) is 0.632. The molecule has 3 heterocycles. The van der Waals surface area contributed by atoms with E-state index in [2.05, 4.69) is 21.2 Å². The standard InChI is InChI=1S/C17H24N4O2S.C2HF3O2/c1-20-9-13(8-19-20)10-21-5-6-23-17-14(2-3-15(17)21)11-22-12-16-18-4-7-24-16;3-2(4,5)1(6)7/h4,7-9,14-15,17H,2-3,5-6,10-12H2,1H3;(H,6,7). The van der Waals surface area contributed by atoms with Crippen molar-refractivity contribution in [2.24, 2.45) is 13.0 Å². The van der Waals surface area contributed by atoms with Crippen molar-refractivity contribution in [1.82, 2.24) is 19.7 Å². The Hall–Kier alpha value is -2.02. The number of rotatable bonds is 6. The first-order valence-corrected chi connectivity index (χ1v) is 10.7. The predicted molar refractivity (Wildman–Crippen MR) is 105 cm³/mol. The molecule has 1 aliphatic carbocycles. The number of carboxylic acids is 1. The summed E-state index contributed by atoms with van der Waals surface area (Å²) in [6.07, 6.45) is 3.48. The number of carbonyl (C=O) groups is 1. The molecule has 0 aromatic carbocycles. The van der Waals surface area contributed by atoms with Gasteiger partial charge in [-0.15, -0.1) is 11.3 Å². The monoisotopic (exact) mass is 462 g/mol. The van der Waals surface area contributed by atoms with E-state index in [9.17, 15) is 13.2 Å². The van der Waals surface area contributed by atoms with Crippen LogP contribution in [-0.4, -0.2) is 68.8 Å². The van der Waals surface area contributed by atoms with E-state index < -0.39 is 12.1 Å². The molecule has 1 aliphatic heterocycles. The molecule has 1 saturated carbocycles. The van der Waals surface area contributed by atoms with Gasteiger partial charge in [0.25, 0.3) is 0 Å². The molecule has 0 bridgehead atoms. The van der Waals surface area contributed by atoms with Crippen LogP contribution in [0.25, 0.3) is 0 Å². The second-order valence-corrected chi connectivity index (χ2v) is 8.46. The van der Waals surface area contributed by atoms with E-state index in [1.807, 2.05) is 29.5 Å². The fourth-order valence-corrected chi connectivity index (χ4v) is 4.47. The maximum Gasteiger partial charge on any atom is 0.490 e. The van der Waals surface area contributed by atoms with Crippen LogP contribution in [0.2, 0.25) is 0 Å². The van der Waals surface area contributed by atoms with E-state index in [1.54, 1.807) is 11.3 Å². The smallest absolute Gasteiger partial charge is 0.475 e. The SMILES string of the molecule is Cn1cc(CN2CCOC3C(COCc4nccs4)CCC32)cn1.O=C(O)C(F)(F)F. The Morgan fingerprint density at radius 1 is 1.42 bits per heavy atom.